The molecular formula is C18H21NO4S. The van der Waals surface area contributed by atoms with Crippen molar-refractivity contribution in [3.63, 3.8) is 0 Å². The monoisotopic (exact) mass is 347 g/mol. The number of sulfone groups is 1. The Morgan fingerprint density at radius 1 is 1.38 bits per heavy atom. The normalized spacial score (nSPS) is 23.1. The number of benzene rings is 1. The minimum Gasteiger partial charge on any atom is -0.460 e. The molecular weight excluding hydrogens is 326 g/mol. The Bertz CT molecular complexity index is 910. The molecule has 1 aliphatic rings. The third-order valence-electron chi connectivity index (χ3n) is 4.36. The molecule has 1 aliphatic heterocycles. The topological polar surface area (TPSA) is 76.4 Å². The first-order valence-corrected chi connectivity index (χ1v) is 9.85. The summed E-state index contributed by atoms with van der Waals surface area (Å²) in [7, 11) is -3.05. The molecule has 1 unspecified atom stereocenters. The number of para-hydroxylation sites is 1. The summed E-state index contributed by atoms with van der Waals surface area (Å²) >= 11 is 0. The van der Waals surface area contributed by atoms with Crippen LogP contribution < -0.4 is 5.32 Å². The van der Waals surface area contributed by atoms with Gasteiger partial charge in [0.1, 0.15) is 11.3 Å². The zero-order valence-electron chi connectivity index (χ0n) is 13.8. The number of fused-ring (bicyclic) bond motifs is 1. The molecule has 1 fully saturated rings. The van der Waals surface area contributed by atoms with Gasteiger partial charge in [0.15, 0.2) is 9.84 Å². The summed E-state index contributed by atoms with van der Waals surface area (Å²) < 4.78 is 29.0. The molecule has 1 atom stereocenters. The Balaban J connectivity index is 1.80. The van der Waals surface area contributed by atoms with Crippen LogP contribution in [0.15, 0.2) is 34.8 Å². The summed E-state index contributed by atoms with van der Waals surface area (Å²) in [5.74, 6) is 0.658. The summed E-state index contributed by atoms with van der Waals surface area (Å²) in [5.41, 5.74) is 1.00. The van der Waals surface area contributed by atoms with Crippen LogP contribution in [0.4, 0.5) is 0 Å². The summed E-state index contributed by atoms with van der Waals surface area (Å²) in [6.45, 7) is 3.77. The molecule has 3 rings (SSSR count). The zero-order chi connectivity index (χ0) is 17.4. The van der Waals surface area contributed by atoms with Crippen molar-refractivity contribution in [3.8, 4) is 0 Å². The van der Waals surface area contributed by atoms with Gasteiger partial charge in [-0.3, -0.25) is 4.79 Å². The Labute approximate surface area is 141 Å². The first kappa shape index (κ1) is 16.8. The van der Waals surface area contributed by atoms with Crippen LogP contribution in [0, 0.1) is 0 Å². The number of aryl methyl sites for hydroxylation is 1. The van der Waals surface area contributed by atoms with Crippen molar-refractivity contribution in [3.05, 3.63) is 41.7 Å². The minimum atomic E-state index is -3.05. The number of carbonyl (C=O) groups excluding carboxylic acids is 1. The molecule has 5 nitrogen and oxygen atoms in total. The zero-order valence-corrected chi connectivity index (χ0v) is 14.7. The molecule has 24 heavy (non-hydrogen) atoms. The standard InChI is InChI=1S/C18H21NO4S/c1-3-15-14(13-6-4-5-7-16(13)23-15)8-9-17(20)19-18(2)10-11-24(21,22)12-18/h4-9H,3,10-12H2,1-2H3,(H,19,20)/b9-8+. The highest BCUT2D eigenvalue weighted by molar-refractivity contribution is 7.91. The van der Waals surface area contributed by atoms with Crippen molar-refractivity contribution in [2.75, 3.05) is 11.5 Å². The molecule has 2 aromatic rings. The SMILES string of the molecule is CCc1oc2ccccc2c1/C=C/C(=O)NC1(C)CCS(=O)(=O)C1. The van der Waals surface area contributed by atoms with Crippen LogP contribution >= 0.6 is 0 Å². The van der Waals surface area contributed by atoms with Gasteiger partial charge < -0.3 is 9.73 Å². The number of hydrogen-bond donors (Lipinski definition) is 1. The van der Waals surface area contributed by atoms with Crippen LogP contribution in [0.5, 0.6) is 0 Å². The maximum atomic E-state index is 12.2. The van der Waals surface area contributed by atoms with Gasteiger partial charge in [-0.25, -0.2) is 8.42 Å². The van der Waals surface area contributed by atoms with E-state index in [-0.39, 0.29) is 17.4 Å². The number of hydrogen-bond acceptors (Lipinski definition) is 4. The van der Waals surface area contributed by atoms with Gasteiger partial charge in [0.25, 0.3) is 0 Å². The van der Waals surface area contributed by atoms with Crippen molar-refractivity contribution in [2.45, 2.75) is 32.2 Å². The van der Waals surface area contributed by atoms with Gasteiger partial charge in [0.05, 0.1) is 17.0 Å². The molecule has 1 amide bonds. The fraction of sp³-hybridized carbons (Fsp3) is 0.389. The van der Waals surface area contributed by atoms with E-state index in [0.29, 0.717) is 6.42 Å². The summed E-state index contributed by atoms with van der Waals surface area (Å²) in [5, 5.41) is 3.79. The first-order valence-electron chi connectivity index (χ1n) is 8.03. The smallest absolute Gasteiger partial charge is 0.244 e. The lowest BCUT2D eigenvalue weighted by molar-refractivity contribution is -0.117. The van der Waals surface area contributed by atoms with Crippen LogP contribution in [-0.2, 0) is 21.1 Å². The highest BCUT2D eigenvalue weighted by Gasteiger charge is 2.39. The molecule has 0 spiro atoms. The maximum Gasteiger partial charge on any atom is 0.244 e. The van der Waals surface area contributed by atoms with E-state index in [1.807, 2.05) is 31.2 Å². The van der Waals surface area contributed by atoms with Crippen molar-refractivity contribution in [2.24, 2.45) is 0 Å². The second-order valence-electron chi connectivity index (χ2n) is 6.51. The van der Waals surface area contributed by atoms with Gasteiger partial charge in [-0.2, -0.15) is 0 Å². The van der Waals surface area contributed by atoms with E-state index < -0.39 is 15.4 Å². The number of amides is 1. The van der Waals surface area contributed by atoms with Crippen molar-refractivity contribution in [1.29, 1.82) is 0 Å². The fourth-order valence-corrected chi connectivity index (χ4v) is 5.26. The van der Waals surface area contributed by atoms with Gasteiger partial charge in [0.2, 0.25) is 5.91 Å². The van der Waals surface area contributed by atoms with E-state index >= 15 is 0 Å². The highest BCUT2D eigenvalue weighted by atomic mass is 32.2. The van der Waals surface area contributed by atoms with Crippen molar-refractivity contribution >= 4 is 32.8 Å². The third kappa shape index (κ3) is 3.38. The predicted octanol–water partition coefficient (Wildman–Crippen LogP) is 2.70. The van der Waals surface area contributed by atoms with Crippen LogP contribution in [0.3, 0.4) is 0 Å². The molecule has 1 N–H and O–H groups in total. The molecule has 0 aliphatic carbocycles. The molecule has 128 valence electrons. The Morgan fingerprint density at radius 2 is 2.12 bits per heavy atom. The van der Waals surface area contributed by atoms with E-state index in [4.69, 9.17) is 4.42 Å². The molecule has 0 saturated carbocycles. The average molecular weight is 347 g/mol. The Morgan fingerprint density at radius 3 is 2.79 bits per heavy atom. The number of furan rings is 1. The van der Waals surface area contributed by atoms with Crippen molar-refractivity contribution in [1.82, 2.24) is 5.32 Å². The summed E-state index contributed by atoms with van der Waals surface area (Å²) in [4.78, 5) is 12.2. The largest absolute Gasteiger partial charge is 0.460 e. The van der Waals surface area contributed by atoms with E-state index in [9.17, 15) is 13.2 Å². The van der Waals surface area contributed by atoms with Gasteiger partial charge in [-0.15, -0.1) is 0 Å². The van der Waals surface area contributed by atoms with Crippen LogP contribution in [-0.4, -0.2) is 31.4 Å². The minimum absolute atomic E-state index is 0.00552. The Hall–Kier alpha value is -2.08. The van der Waals surface area contributed by atoms with Crippen LogP contribution in [0.1, 0.15) is 31.6 Å². The number of carbonyl (C=O) groups is 1. The Kier molecular flexibility index (Phi) is 4.25. The number of nitrogens with one attached hydrogen (secondary N) is 1. The molecule has 1 aromatic heterocycles. The van der Waals surface area contributed by atoms with Crippen LogP contribution in [0.2, 0.25) is 0 Å². The molecule has 0 radical (unpaired) electrons. The van der Waals surface area contributed by atoms with E-state index in [1.54, 1.807) is 13.0 Å². The molecule has 2 heterocycles. The first-order chi connectivity index (χ1) is 11.3. The molecule has 1 aromatic carbocycles. The average Bonchev–Trinajstić information content (AvgIpc) is 3.01. The lowest BCUT2D eigenvalue weighted by Gasteiger charge is -2.22. The second-order valence-corrected chi connectivity index (χ2v) is 8.70. The highest BCUT2D eigenvalue weighted by Crippen LogP contribution is 2.27. The molecule has 1 saturated heterocycles. The third-order valence-corrected chi connectivity index (χ3v) is 6.26. The maximum absolute atomic E-state index is 12.2. The predicted molar refractivity (Wildman–Crippen MR) is 94.4 cm³/mol. The lowest BCUT2D eigenvalue weighted by Crippen LogP contribution is -2.46. The van der Waals surface area contributed by atoms with E-state index in [0.717, 1.165) is 28.7 Å². The van der Waals surface area contributed by atoms with Gasteiger partial charge in [0, 0.05) is 23.4 Å². The summed E-state index contributed by atoms with van der Waals surface area (Å²) in [6, 6.07) is 7.70. The lowest BCUT2D eigenvalue weighted by atomic mass is 10.0. The van der Waals surface area contributed by atoms with Gasteiger partial charge in [-0.1, -0.05) is 25.1 Å². The molecule has 6 heteroatoms. The van der Waals surface area contributed by atoms with E-state index in [1.165, 1.54) is 6.08 Å². The quantitative estimate of drug-likeness (QED) is 0.863. The van der Waals surface area contributed by atoms with Crippen LogP contribution in [0.25, 0.3) is 17.0 Å². The van der Waals surface area contributed by atoms with Gasteiger partial charge in [-0.05, 0) is 25.5 Å². The second kappa shape index (κ2) is 6.09. The molecule has 0 bridgehead atoms. The van der Waals surface area contributed by atoms with Gasteiger partial charge >= 0.3 is 0 Å². The van der Waals surface area contributed by atoms with Crippen molar-refractivity contribution < 1.29 is 17.6 Å². The number of rotatable bonds is 4. The fourth-order valence-electron chi connectivity index (χ4n) is 3.17. The summed E-state index contributed by atoms with van der Waals surface area (Å²) in [6.07, 6.45) is 4.37. The van der Waals surface area contributed by atoms with E-state index in [2.05, 4.69) is 5.32 Å².